The third-order valence-corrected chi connectivity index (χ3v) is 6.15. The maximum atomic E-state index is 13.5. The number of urea groups is 1. The predicted octanol–water partition coefficient (Wildman–Crippen LogP) is 4.53. The molecule has 0 radical (unpaired) electrons. The molecule has 2 aromatic rings. The maximum absolute atomic E-state index is 13.5. The highest BCUT2D eigenvalue weighted by Gasteiger charge is 2.27. The molecule has 3 amide bonds. The number of nitrogens with zero attached hydrogens (tertiary/aromatic N) is 2. The highest BCUT2D eigenvalue weighted by atomic mass is 32.1. The van der Waals surface area contributed by atoms with E-state index in [4.69, 9.17) is 9.47 Å². The number of rotatable bonds is 7. The molecular weight excluding hydrogens is 426 g/mol. The predicted molar refractivity (Wildman–Crippen MR) is 126 cm³/mol. The number of aryl methyl sites for hydroxylation is 1. The lowest BCUT2D eigenvalue weighted by atomic mass is 10.1. The molecule has 1 aliphatic rings. The fourth-order valence-electron chi connectivity index (χ4n) is 3.36. The number of hydrogen-bond donors (Lipinski definition) is 1. The van der Waals surface area contributed by atoms with E-state index >= 15 is 0 Å². The summed E-state index contributed by atoms with van der Waals surface area (Å²) < 4.78 is 10.9. The van der Waals surface area contributed by atoms with E-state index in [-0.39, 0.29) is 36.9 Å². The largest absolute Gasteiger partial charge is 0.454 e. The fourth-order valence-corrected chi connectivity index (χ4v) is 4.28. The summed E-state index contributed by atoms with van der Waals surface area (Å²) >= 11 is 1.63. The normalized spacial score (nSPS) is 12.7. The van der Waals surface area contributed by atoms with Gasteiger partial charge in [-0.25, -0.2) is 4.79 Å². The van der Waals surface area contributed by atoms with Gasteiger partial charge in [-0.2, -0.15) is 0 Å². The number of thiophene rings is 1. The van der Waals surface area contributed by atoms with Crippen LogP contribution in [0.5, 0.6) is 11.5 Å². The van der Waals surface area contributed by atoms with E-state index in [0.29, 0.717) is 24.6 Å². The lowest BCUT2D eigenvalue weighted by molar-refractivity contribution is -0.133. The molecule has 1 aliphatic heterocycles. The monoisotopic (exact) mass is 459 g/mol. The minimum atomic E-state index is -0.381. The van der Waals surface area contributed by atoms with Gasteiger partial charge in [0, 0.05) is 23.0 Å². The minimum Gasteiger partial charge on any atom is -0.454 e. The van der Waals surface area contributed by atoms with Gasteiger partial charge >= 0.3 is 6.03 Å². The molecule has 0 bridgehead atoms. The molecule has 174 valence electrons. The molecule has 0 spiro atoms. The van der Waals surface area contributed by atoms with Gasteiger partial charge in [0.15, 0.2) is 11.5 Å². The summed E-state index contributed by atoms with van der Waals surface area (Å²) in [7, 11) is 0. The molecule has 7 nitrogen and oxygen atoms in total. The van der Waals surface area contributed by atoms with E-state index in [0.717, 1.165) is 16.0 Å². The standard InChI is InChI=1S/C24H33N3O4S/c1-16(2)27(23(29)25-24(4,5)6)14-22(28)26(13-21-17(3)9-10-32-21)12-18-7-8-19-20(11-18)31-15-30-19/h7-11,16H,12-15H2,1-6H3,(H,25,29). The van der Waals surface area contributed by atoms with Crippen LogP contribution in [-0.2, 0) is 17.9 Å². The molecule has 0 unspecified atom stereocenters. The van der Waals surface area contributed by atoms with Crippen LogP contribution < -0.4 is 14.8 Å². The molecule has 0 saturated carbocycles. The van der Waals surface area contributed by atoms with Gasteiger partial charge in [0.1, 0.15) is 6.54 Å². The van der Waals surface area contributed by atoms with E-state index in [1.54, 1.807) is 21.1 Å². The second-order valence-electron chi connectivity index (χ2n) is 9.37. The van der Waals surface area contributed by atoms with Crippen LogP contribution in [0.1, 0.15) is 50.6 Å². The van der Waals surface area contributed by atoms with E-state index in [1.165, 1.54) is 0 Å². The van der Waals surface area contributed by atoms with Crippen molar-refractivity contribution < 1.29 is 19.1 Å². The minimum absolute atomic E-state index is 0.00849. The SMILES string of the molecule is Cc1ccsc1CN(Cc1ccc2c(c1)OCO2)C(=O)CN(C(=O)NC(C)(C)C)C(C)C. The van der Waals surface area contributed by atoms with E-state index in [9.17, 15) is 9.59 Å². The Morgan fingerprint density at radius 1 is 1.12 bits per heavy atom. The number of amides is 3. The number of ether oxygens (including phenoxy) is 2. The molecule has 1 N–H and O–H groups in total. The first kappa shape index (κ1) is 23.9. The van der Waals surface area contributed by atoms with Crippen LogP contribution in [0, 0.1) is 6.92 Å². The van der Waals surface area contributed by atoms with Crippen molar-refractivity contribution in [2.24, 2.45) is 0 Å². The van der Waals surface area contributed by atoms with Crippen LogP contribution in [0.4, 0.5) is 4.79 Å². The number of carbonyl (C=O) groups excluding carboxylic acids is 2. The van der Waals surface area contributed by atoms with Crippen molar-refractivity contribution in [1.82, 2.24) is 15.1 Å². The Morgan fingerprint density at radius 3 is 2.47 bits per heavy atom. The Labute approximate surface area is 194 Å². The highest BCUT2D eigenvalue weighted by Crippen LogP contribution is 2.33. The summed E-state index contributed by atoms with van der Waals surface area (Å²) in [6.07, 6.45) is 0. The zero-order valence-electron chi connectivity index (χ0n) is 19.7. The summed E-state index contributed by atoms with van der Waals surface area (Å²) in [5, 5.41) is 5.00. The first-order valence-corrected chi connectivity index (χ1v) is 11.7. The molecule has 3 rings (SSSR count). The molecule has 1 aromatic carbocycles. The van der Waals surface area contributed by atoms with Gasteiger partial charge in [-0.1, -0.05) is 6.07 Å². The van der Waals surface area contributed by atoms with Gasteiger partial charge < -0.3 is 24.6 Å². The van der Waals surface area contributed by atoms with E-state index in [1.807, 2.05) is 65.1 Å². The van der Waals surface area contributed by atoms with Crippen molar-refractivity contribution in [3.63, 3.8) is 0 Å². The van der Waals surface area contributed by atoms with Crippen molar-refractivity contribution >= 4 is 23.3 Å². The van der Waals surface area contributed by atoms with Crippen LogP contribution in [0.15, 0.2) is 29.6 Å². The zero-order valence-corrected chi connectivity index (χ0v) is 20.5. The van der Waals surface area contributed by atoms with Crippen LogP contribution in [-0.4, -0.2) is 46.7 Å². The number of nitrogens with one attached hydrogen (secondary N) is 1. The smallest absolute Gasteiger partial charge is 0.318 e. The molecule has 2 heterocycles. The number of benzene rings is 1. The first-order chi connectivity index (χ1) is 15.0. The number of hydrogen-bond acceptors (Lipinski definition) is 5. The fraction of sp³-hybridized carbons (Fsp3) is 0.500. The molecule has 0 aliphatic carbocycles. The highest BCUT2D eigenvalue weighted by molar-refractivity contribution is 7.10. The Kier molecular flexibility index (Phi) is 7.33. The lowest BCUT2D eigenvalue weighted by Crippen LogP contribution is -2.53. The van der Waals surface area contributed by atoms with Crippen molar-refractivity contribution in [3.05, 3.63) is 45.6 Å². The maximum Gasteiger partial charge on any atom is 0.318 e. The quantitative estimate of drug-likeness (QED) is 0.660. The Hall–Kier alpha value is -2.74. The summed E-state index contributed by atoms with van der Waals surface area (Å²) in [5.74, 6) is 1.30. The van der Waals surface area contributed by atoms with Gasteiger partial charge in [0.05, 0.1) is 6.54 Å². The topological polar surface area (TPSA) is 71.1 Å². The van der Waals surface area contributed by atoms with E-state index in [2.05, 4.69) is 11.4 Å². The summed E-state index contributed by atoms with van der Waals surface area (Å²) in [6.45, 7) is 12.8. The third-order valence-electron chi connectivity index (χ3n) is 5.14. The number of carbonyl (C=O) groups is 2. The van der Waals surface area contributed by atoms with Gasteiger partial charge in [-0.15, -0.1) is 11.3 Å². The Balaban J connectivity index is 1.80. The lowest BCUT2D eigenvalue weighted by Gasteiger charge is -2.32. The van der Waals surface area contributed by atoms with Crippen molar-refractivity contribution in [2.75, 3.05) is 13.3 Å². The van der Waals surface area contributed by atoms with Crippen LogP contribution in [0.3, 0.4) is 0 Å². The molecule has 0 fully saturated rings. The van der Waals surface area contributed by atoms with Crippen LogP contribution in [0.25, 0.3) is 0 Å². The number of fused-ring (bicyclic) bond motifs is 1. The average Bonchev–Trinajstić information content (AvgIpc) is 3.32. The van der Waals surface area contributed by atoms with Crippen LogP contribution in [0.2, 0.25) is 0 Å². The second kappa shape index (κ2) is 9.81. The Morgan fingerprint density at radius 2 is 1.84 bits per heavy atom. The van der Waals surface area contributed by atoms with Gasteiger partial charge in [-0.3, -0.25) is 4.79 Å². The van der Waals surface area contributed by atoms with E-state index < -0.39 is 0 Å². The molecule has 32 heavy (non-hydrogen) atoms. The summed E-state index contributed by atoms with van der Waals surface area (Å²) in [6, 6.07) is 7.43. The molecular formula is C24H33N3O4S. The molecule has 0 saturated heterocycles. The van der Waals surface area contributed by atoms with Gasteiger partial charge in [0.25, 0.3) is 0 Å². The molecule has 8 heteroatoms. The third kappa shape index (κ3) is 6.16. The van der Waals surface area contributed by atoms with Crippen molar-refractivity contribution in [2.45, 2.75) is 66.2 Å². The van der Waals surface area contributed by atoms with Gasteiger partial charge in [0.2, 0.25) is 12.7 Å². The summed E-state index contributed by atoms with van der Waals surface area (Å²) in [5.41, 5.74) is 1.73. The van der Waals surface area contributed by atoms with Crippen molar-refractivity contribution in [3.8, 4) is 11.5 Å². The van der Waals surface area contributed by atoms with Gasteiger partial charge in [-0.05, 0) is 76.2 Å². The molecule has 0 atom stereocenters. The first-order valence-electron chi connectivity index (χ1n) is 10.8. The average molecular weight is 460 g/mol. The Bertz CT molecular complexity index is 964. The van der Waals surface area contributed by atoms with Crippen molar-refractivity contribution in [1.29, 1.82) is 0 Å². The molecule has 1 aromatic heterocycles. The van der Waals surface area contributed by atoms with Crippen LogP contribution >= 0.6 is 11.3 Å². The second-order valence-corrected chi connectivity index (χ2v) is 10.4. The zero-order chi connectivity index (χ0) is 23.5. The summed E-state index contributed by atoms with van der Waals surface area (Å²) in [4.78, 5) is 30.8.